The van der Waals surface area contributed by atoms with Gasteiger partial charge >= 0.3 is 6.18 Å². The SMILES string of the molecule is CNC(=O)/C(=N/OC)c1ccccc1COc1ccc(C(F)(F)F)c(Cl)n1. The van der Waals surface area contributed by atoms with Gasteiger partial charge in [0.15, 0.2) is 5.71 Å². The van der Waals surface area contributed by atoms with E-state index in [1.54, 1.807) is 24.3 Å². The Morgan fingerprint density at radius 3 is 2.56 bits per heavy atom. The molecule has 144 valence electrons. The van der Waals surface area contributed by atoms with E-state index in [2.05, 4.69) is 15.5 Å². The van der Waals surface area contributed by atoms with E-state index in [0.717, 1.165) is 12.1 Å². The Morgan fingerprint density at radius 1 is 1.26 bits per heavy atom. The molecule has 0 atom stereocenters. The molecule has 1 heterocycles. The van der Waals surface area contributed by atoms with E-state index in [0.29, 0.717) is 11.1 Å². The zero-order valence-electron chi connectivity index (χ0n) is 14.3. The number of likely N-dealkylation sites (N-methyl/N-ethyl adjacent to an activating group) is 1. The topological polar surface area (TPSA) is 72.8 Å². The Balaban J connectivity index is 2.26. The Labute approximate surface area is 157 Å². The average Bonchev–Trinajstić information content (AvgIpc) is 2.63. The largest absolute Gasteiger partial charge is 0.473 e. The molecule has 0 unspecified atom stereocenters. The van der Waals surface area contributed by atoms with Crippen molar-refractivity contribution in [3.63, 3.8) is 0 Å². The molecule has 2 rings (SSSR count). The van der Waals surface area contributed by atoms with Gasteiger partial charge in [-0.25, -0.2) is 4.98 Å². The van der Waals surface area contributed by atoms with E-state index in [1.807, 2.05) is 0 Å². The van der Waals surface area contributed by atoms with Gasteiger partial charge in [0.1, 0.15) is 18.9 Å². The number of pyridine rings is 1. The second-order valence-corrected chi connectivity index (χ2v) is 5.49. The van der Waals surface area contributed by atoms with Crippen LogP contribution < -0.4 is 10.1 Å². The summed E-state index contributed by atoms with van der Waals surface area (Å²) < 4.78 is 43.6. The second kappa shape index (κ2) is 8.72. The van der Waals surface area contributed by atoms with Crippen LogP contribution in [0.4, 0.5) is 13.2 Å². The molecule has 0 aliphatic carbocycles. The van der Waals surface area contributed by atoms with Crippen molar-refractivity contribution in [2.45, 2.75) is 12.8 Å². The summed E-state index contributed by atoms with van der Waals surface area (Å²) in [5.74, 6) is -0.562. The van der Waals surface area contributed by atoms with Crippen LogP contribution in [0.25, 0.3) is 0 Å². The van der Waals surface area contributed by atoms with Crippen molar-refractivity contribution in [1.82, 2.24) is 10.3 Å². The third-order valence-electron chi connectivity index (χ3n) is 3.40. The van der Waals surface area contributed by atoms with Crippen LogP contribution in [0.5, 0.6) is 5.88 Å². The van der Waals surface area contributed by atoms with Crippen molar-refractivity contribution in [2.24, 2.45) is 5.16 Å². The predicted octanol–water partition coefficient (Wildman–Crippen LogP) is 3.43. The van der Waals surface area contributed by atoms with Crippen LogP contribution in [0.15, 0.2) is 41.6 Å². The van der Waals surface area contributed by atoms with E-state index >= 15 is 0 Å². The maximum atomic E-state index is 12.7. The zero-order chi connectivity index (χ0) is 20.0. The van der Waals surface area contributed by atoms with Crippen molar-refractivity contribution in [2.75, 3.05) is 14.2 Å². The minimum absolute atomic E-state index is 0.0256. The van der Waals surface area contributed by atoms with E-state index in [4.69, 9.17) is 21.2 Å². The maximum absolute atomic E-state index is 12.7. The molecule has 0 saturated carbocycles. The first kappa shape index (κ1) is 20.5. The number of oxime groups is 1. The summed E-state index contributed by atoms with van der Waals surface area (Å²) in [7, 11) is 2.75. The van der Waals surface area contributed by atoms with Crippen LogP contribution in [0, 0.1) is 0 Å². The number of amides is 1. The number of aromatic nitrogens is 1. The van der Waals surface area contributed by atoms with Gasteiger partial charge in [0.05, 0.1) is 5.56 Å². The molecule has 6 nitrogen and oxygen atoms in total. The summed E-state index contributed by atoms with van der Waals surface area (Å²) in [4.78, 5) is 20.3. The monoisotopic (exact) mass is 401 g/mol. The maximum Gasteiger partial charge on any atom is 0.419 e. The van der Waals surface area contributed by atoms with E-state index in [-0.39, 0.29) is 18.2 Å². The molecule has 1 N–H and O–H groups in total. The van der Waals surface area contributed by atoms with Gasteiger partial charge in [-0.2, -0.15) is 13.2 Å². The lowest BCUT2D eigenvalue weighted by Crippen LogP contribution is -2.29. The molecule has 1 aromatic heterocycles. The van der Waals surface area contributed by atoms with Crippen LogP contribution in [0.3, 0.4) is 0 Å². The number of hydrogen-bond donors (Lipinski definition) is 1. The highest BCUT2D eigenvalue weighted by Gasteiger charge is 2.34. The lowest BCUT2D eigenvalue weighted by Gasteiger charge is -2.13. The molecule has 1 aromatic carbocycles. The smallest absolute Gasteiger partial charge is 0.419 e. The molecule has 1 amide bonds. The molecule has 0 saturated heterocycles. The summed E-state index contributed by atoms with van der Waals surface area (Å²) in [6, 6.07) is 8.58. The summed E-state index contributed by atoms with van der Waals surface area (Å²) in [6.45, 7) is -0.0788. The van der Waals surface area contributed by atoms with Gasteiger partial charge < -0.3 is 14.9 Å². The van der Waals surface area contributed by atoms with Crippen molar-refractivity contribution in [3.8, 4) is 5.88 Å². The van der Waals surface area contributed by atoms with Crippen molar-refractivity contribution in [1.29, 1.82) is 0 Å². The van der Waals surface area contributed by atoms with E-state index in [1.165, 1.54) is 14.2 Å². The number of nitrogens with one attached hydrogen (secondary N) is 1. The normalized spacial score (nSPS) is 11.9. The van der Waals surface area contributed by atoms with Gasteiger partial charge in [0.25, 0.3) is 5.91 Å². The lowest BCUT2D eigenvalue weighted by atomic mass is 10.0. The first-order chi connectivity index (χ1) is 12.8. The summed E-state index contributed by atoms with van der Waals surface area (Å²) in [5, 5.41) is 5.46. The molecule has 0 spiro atoms. The number of alkyl halides is 3. The second-order valence-electron chi connectivity index (χ2n) is 5.13. The number of benzene rings is 1. The highest BCUT2D eigenvalue weighted by atomic mass is 35.5. The molecule has 27 heavy (non-hydrogen) atoms. The van der Waals surface area contributed by atoms with E-state index in [9.17, 15) is 18.0 Å². The number of carbonyl (C=O) groups excluding carboxylic acids is 1. The number of nitrogens with zero attached hydrogens (tertiary/aromatic N) is 2. The predicted molar refractivity (Wildman–Crippen MR) is 92.6 cm³/mol. The van der Waals surface area contributed by atoms with Crippen LogP contribution in [0.2, 0.25) is 5.15 Å². The van der Waals surface area contributed by atoms with Crippen molar-refractivity contribution < 1.29 is 27.5 Å². The molecule has 0 bridgehead atoms. The van der Waals surface area contributed by atoms with Gasteiger partial charge in [-0.05, 0) is 11.6 Å². The van der Waals surface area contributed by atoms with Gasteiger partial charge in [-0.1, -0.05) is 41.0 Å². The van der Waals surface area contributed by atoms with Crippen LogP contribution in [-0.4, -0.2) is 30.8 Å². The summed E-state index contributed by atoms with van der Waals surface area (Å²) in [5.41, 5.74) is -0.0323. The van der Waals surface area contributed by atoms with Gasteiger partial charge in [-0.3, -0.25) is 4.79 Å². The minimum Gasteiger partial charge on any atom is -0.473 e. The Kier molecular flexibility index (Phi) is 6.62. The Hall–Kier alpha value is -2.81. The van der Waals surface area contributed by atoms with Crippen molar-refractivity contribution >= 4 is 23.2 Å². The third-order valence-corrected chi connectivity index (χ3v) is 3.69. The molecule has 2 aromatic rings. The molecular weight excluding hydrogens is 387 g/mol. The minimum atomic E-state index is -4.60. The Bertz CT molecular complexity index is 857. The van der Waals surface area contributed by atoms with E-state index < -0.39 is 22.8 Å². The first-order valence-electron chi connectivity index (χ1n) is 7.56. The van der Waals surface area contributed by atoms with Gasteiger partial charge in [0.2, 0.25) is 5.88 Å². The third kappa shape index (κ3) is 5.10. The fourth-order valence-electron chi connectivity index (χ4n) is 2.16. The lowest BCUT2D eigenvalue weighted by molar-refractivity contribution is -0.137. The fourth-order valence-corrected chi connectivity index (χ4v) is 2.41. The summed E-state index contributed by atoms with van der Waals surface area (Å²) in [6.07, 6.45) is -4.60. The van der Waals surface area contributed by atoms with Crippen LogP contribution in [0.1, 0.15) is 16.7 Å². The Morgan fingerprint density at radius 2 is 1.96 bits per heavy atom. The number of halogens is 4. The highest BCUT2D eigenvalue weighted by Crippen LogP contribution is 2.34. The standard InChI is InChI=1S/C17H15ClF3N3O3/c1-22-16(25)14(24-26-2)11-6-4-3-5-10(11)9-27-13-8-7-12(15(18)23-13)17(19,20)21/h3-8H,9H2,1-2H3,(H,22,25)/b24-14+. The first-order valence-corrected chi connectivity index (χ1v) is 7.93. The number of ether oxygens (including phenoxy) is 1. The number of rotatable bonds is 6. The highest BCUT2D eigenvalue weighted by molar-refractivity contribution is 6.45. The van der Waals surface area contributed by atoms with Crippen LogP contribution in [-0.2, 0) is 22.4 Å². The summed E-state index contributed by atoms with van der Waals surface area (Å²) >= 11 is 5.58. The quantitative estimate of drug-likeness (QED) is 0.457. The van der Waals surface area contributed by atoms with Crippen molar-refractivity contribution in [3.05, 3.63) is 58.2 Å². The van der Waals surface area contributed by atoms with Gasteiger partial charge in [-0.15, -0.1) is 0 Å². The van der Waals surface area contributed by atoms with Gasteiger partial charge in [0, 0.05) is 18.7 Å². The fraction of sp³-hybridized carbons (Fsp3) is 0.235. The molecule has 0 radical (unpaired) electrons. The van der Waals surface area contributed by atoms with Crippen LogP contribution >= 0.6 is 11.6 Å². The molecule has 0 aliphatic heterocycles. The number of hydrogen-bond acceptors (Lipinski definition) is 5. The molecule has 0 aliphatic rings. The molecule has 0 fully saturated rings. The average molecular weight is 402 g/mol. The number of carbonyl (C=O) groups is 1. The molecule has 10 heteroatoms. The zero-order valence-corrected chi connectivity index (χ0v) is 15.1. The molecular formula is C17H15ClF3N3O3.